The lowest BCUT2D eigenvalue weighted by atomic mass is 9.94. The van der Waals surface area contributed by atoms with Crippen LogP contribution in [-0.2, 0) is 9.59 Å². The van der Waals surface area contributed by atoms with Gasteiger partial charge in [0.05, 0.1) is 12.3 Å². The highest BCUT2D eigenvalue weighted by molar-refractivity contribution is 5.80. The lowest BCUT2D eigenvalue weighted by Crippen LogP contribution is -2.52. The first-order valence-electron chi connectivity index (χ1n) is 5.75. The van der Waals surface area contributed by atoms with Gasteiger partial charge in [-0.25, -0.2) is 0 Å². The number of hydrogen-bond donors (Lipinski definition) is 1. The molecule has 0 saturated carbocycles. The van der Waals surface area contributed by atoms with Crippen LogP contribution in [-0.4, -0.2) is 60.0 Å². The van der Waals surface area contributed by atoms with Gasteiger partial charge in [0.25, 0.3) is 0 Å². The van der Waals surface area contributed by atoms with Gasteiger partial charge >= 0.3 is 5.97 Å². The minimum absolute atomic E-state index is 0.135. The first-order valence-corrected chi connectivity index (χ1v) is 5.75. The van der Waals surface area contributed by atoms with Crippen molar-refractivity contribution in [1.82, 2.24) is 9.80 Å². The van der Waals surface area contributed by atoms with E-state index in [1.807, 2.05) is 7.05 Å². The molecule has 5 heteroatoms. The van der Waals surface area contributed by atoms with Crippen LogP contribution >= 0.6 is 0 Å². The fourth-order valence-electron chi connectivity index (χ4n) is 2.52. The van der Waals surface area contributed by atoms with Gasteiger partial charge in [-0.2, -0.15) is 0 Å². The molecular formula is C11H18N2O3. The van der Waals surface area contributed by atoms with E-state index < -0.39 is 5.97 Å². The van der Waals surface area contributed by atoms with Gasteiger partial charge in [-0.15, -0.1) is 0 Å². The Kier molecular flexibility index (Phi) is 3.14. The number of carboxylic acids is 1. The van der Waals surface area contributed by atoms with Crippen molar-refractivity contribution in [3.8, 4) is 0 Å². The van der Waals surface area contributed by atoms with E-state index in [1.165, 1.54) is 0 Å². The molecule has 1 atom stereocenters. The fraction of sp³-hybridized carbons (Fsp3) is 0.818. The number of amides is 1. The Bertz CT molecular complexity index is 300. The second kappa shape index (κ2) is 4.41. The minimum Gasteiger partial charge on any atom is -0.481 e. The van der Waals surface area contributed by atoms with Gasteiger partial charge in [0, 0.05) is 25.6 Å². The second-order valence-electron chi connectivity index (χ2n) is 4.95. The predicted octanol–water partition coefficient (Wildman–Crippen LogP) is -0.129. The van der Waals surface area contributed by atoms with Gasteiger partial charge < -0.3 is 14.9 Å². The molecule has 1 amide bonds. The summed E-state index contributed by atoms with van der Waals surface area (Å²) >= 11 is 0. The van der Waals surface area contributed by atoms with Crippen LogP contribution in [0.4, 0.5) is 0 Å². The molecule has 0 aliphatic carbocycles. The molecule has 0 aromatic carbocycles. The molecule has 0 radical (unpaired) electrons. The normalized spacial score (nSPS) is 26.8. The van der Waals surface area contributed by atoms with Gasteiger partial charge in [-0.05, 0) is 20.0 Å². The highest BCUT2D eigenvalue weighted by Gasteiger charge is 2.37. The molecule has 2 saturated heterocycles. The van der Waals surface area contributed by atoms with Gasteiger partial charge in [-0.3, -0.25) is 9.59 Å². The Hall–Kier alpha value is -1.10. The maximum atomic E-state index is 12.0. The maximum Gasteiger partial charge on any atom is 0.303 e. The Morgan fingerprint density at radius 2 is 2.00 bits per heavy atom. The van der Waals surface area contributed by atoms with Crippen molar-refractivity contribution in [1.29, 1.82) is 0 Å². The van der Waals surface area contributed by atoms with Crippen LogP contribution in [0.25, 0.3) is 0 Å². The maximum absolute atomic E-state index is 12.0. The summed E-state index contributed by atoms with van der Waals surface area (Å²) in [5, 5.41) is 8.61. The zero-order chi connectivity index (χ0) is 11.7. The lowest BCUT2D eigenvalue weighted by molar-refractivity contribution is -0.147. The molecule has 0 aromatic heterocycles. The van der Waals surface area contributed by atoms with Crippen LogP contribution in [0.15, 0.2) is 0 Å². The summed E-state index contributed by atoms with van der Waals surface area (Å²) in [4.78, 5) is 26.4. The quantitative estimate of drug-likeness (QED) is 0.728. The lowest BCUT2D eigenvalue weighted by Gasteiger charge is -2.40. The molecule has 0 aromatic rings. The van der Waals surface area contributed by atoms with Crippen molar-refractivity contribution >= 4 is 11.9 Å². The smallest absolute Gasteiger partial charge is 0.303 e. The zero-order valence-corrected chi connectivity index (χ0v) is 9.56. The molecule has 2 aliphatic heterocycles. The molecular weight excluding hydrogens is 208 g/mol. The van der Waals surface area contributed by atoms with Crippen molar-refractivity contribution in [2.24, 2.45) is 11.8 Å². The molecule has 90 valence electrons. The van der Waals surface area contributed by atoms with Crippen LogP contribution in [0.1, 0.15) is 12.8 Å². The summed E-state index contributed by atoms with van der Waals surface area (Å²) in [6.45, 7) is 3.10. The van der Waals surface area contributed by atoms with Crippen molar-refractivity contribution in [2.75, 3.05) is 33.2 Å². The van der Waals surface area contributed by atoms with Gasteiger partial charge in [-0.1, -0.05) is 0 Å². The second-order valence-corrected chi connectivity index (χ2v) is 4.95. The van der Waals surface area contributed by atoms with E-state index in [1.54, 1.807) is 4.90 Å². The summed E-state index contributed by atoms with van der Waals surface area (Å²) in [5.41, 5.74) is 0. The summed E-state index contributed by atoms with van der Waals surface area (Å²) in [5.74, 6) is -0.250. The number of hydrogen-bond acceptors (Lipinski definition) is 3. The number of carbonyl (C=O) groups excluding carboxylic acids is 1. The van der Waals surface area contributed by atoms with Crippen molar-refractivity contribution in [3.63, 3.8) is 0 Å². The molecule has 2 rings (SSSR count). The van der Waals surface area contributed by atoms with Gasteiger partial charge in [0.2, 0.25) is 5.91 Å². The molecule has 0 bridgehead atoms. The predicted molar refractivity (Wildman–Crippen MR) is 57.9 cm³/mol. The topological polar surface area (TPSA) is 60.9 Å². The number of carboxylic acid groups (broad SMARTS) is 1. The van der Waals surface area contributed by atoms with E-state index in [9.17, 15) is 9.59 Å². The van der Waals surface area contributed by atoms with Crippen LogP contribution in [0.3, 0.4) is 0 Å². The fourth-order valence-corrected chi connectivity index (χ4v) is 2.52. The Morgan fingerprint density at radius 1 is 1.31 bits per heavy atom. The van der Waals surface area contributed by atoms with E-state index >= 15 is 0 Å². The van der Waals surface area contributed by atoms with Gasteiger partial charge in [0.15, 0.2) is 0 Å². The Balaban J connectivity index is 1.75. The van der Waals surface area contributed by atoms with Crippen LogP contribution in [0.2, 0.25) is 0 Å². The average molecular weight is 226 g/mol. The number of nitrogens with zero attached hydrogens (tertiary/aromatic N) is 2. The Labute approximate surface area is 95.0 Å². The van der Waals surface area contributed by atoms with E-state index in [-0.39, 0.29) is 24.2 Å². The minimum atomic E-state index is -0.766. The van der Waals surface area contributed by atoms with E-state index in [2.05, 4.69) is 4.90 Å². The first-order chi connectivity index (χ1) is 7.56. The standard InChI is InChI=1S/C11H18N2O3/c1-12-3-2-9(7-12)11(16)13-5-8(6-13)4-10(14)15/h8-9H,2-7H2,1H3,(H,14,15). The van der Waals surface area contributed by atoms with E-state index in [4.69, 9.17) is 5.11 Å². The van der Waals surface area contributed by atoms with Crippen molar-refractivity contribution in [3.05, 3.63) is 0 Å². The molecule has 2 heterocycles. The third kappa shape index (κ3) is 2.35. The van der Waals surface area contributed by atoms with E-state index in [0.29, 0.717) is 13.1 Å². The largest absolute Gasteiger partial charge is 0.481 e. The van der Waals surface area contributed by atoms with Crippen LogP contribution < -0.4 is 0 Å². The summed E-state index contributed by atoms with van der Waals surface area (Å²) in [6.07, 6.45) is 1.13. The van der Waals surface area contributed by atoms with Crippen LogP contribution in [0.5, 0.6) is 0 Å². The third-order valence-electron chi connectivity index (χ3n) is 3.47. The Morgan fingerprint density at radius 3 is 2.50 bits per heavy atom. The number of carbonyl (C=O) groups is 2. The number of aliphatic carboxylic acids is 1. The number of likely N-dealkylation sites (tertiary alicyclic amines) is 2. The summed E-state index contributed by atoms with van der Waals surface area (Å²) in [6, 6.07) is 0. The number of rotatable bonds is 3. The molecule has 1 unspecified atom stereocenters. The molecule has 0 spiro atoms. The molecule has 5 nitrogen and oxygen atoms in total. The molecule has 2 fully saturated rings. The molecule has 2 aliphatic rings. The van der Waals surface area contributed by atoms with Crippen molar-refractivity contribution in [2.45, 2.75) is 12.8 Å². The SMILES string of the molecule is CN1CCC(C(=O)N2CC(CC(=O)O)C2)C1. The molecule has 16 heavy (non-hydrogen) atoms. The monoisotopic (exact) mass is 226 g/mol. The average Bonchev–Trinajstić information content (AvgIpc) is 2.56. The van der Waals surface area contributed by atoms with Crippen LogP contribution in [0, 0.1) is 11.8 Å². The van der Waals surface area contributed by atoms with Crippen molar-refractivity contribution < 1.29 is 14.7 Å². The third-order valence-corrected chi connectivity index (χ3v) is 3.47. The zero-order valence-electron chi connectivity index (χ0n) is 9.56. The highest BCUT2D eigenvalue weighted by Crippen LogP contribution is 2.24. The summed E-state index contributed by atoms with van der Waals surface area (Å²) in [7, 11) is 2.02. The van der Waals surface area contributed by atoms with E-state index in [0.717, 1.165) is 19.5 Å². The summed E-state index contributed by atoms with van der Waals surface area (Å²) < 4.78 is 0. The van der Waals surface area contributed by atoms with Gasteiger partial charge in [0.1, 0.15) is 0 Å². The molecule has 1 N–H and O–H groups in total. The first kappa shape index (κ1) is 11.4. The highest BCUT2D eigenvalue weighted by atomic mass is 16.4.